The van der Waals surface area contributed by atoms with Gasteiger partial charge in [0.15, 0.2) is 0 Å². The first-order valence-electron chi connectivity index (χ1n) is 6.17. The number of thioether (sulfide) groups is 1. The quantitative estimate of drug-likeness (QED) is 0.636. The third-order valence-corrected chi connectivity index (χ3v) is 4.29. The number of hydrogen-bond acceptors (Lipinski definition) is 4. The lowest BCUT2D eigenvalue weighted by atomic mass is 10.2. The molecule has 6 heteroatoms. The summed E-state index contributed by atoms with van der Waals surface area (Å²) in [5.41, 5.74) is 0.633. The van der Waals surface area contributed by atoms with Crippen molar-refractivity contribution < 1.29 is 13.6 Å². The lowest BCUT2D eigenvalue weighted by Gasteiger charge is -2.11. The van der Waals surface area contributed by atoms with Crippen molar-refractivity contribution in [2.24, 2.45) is 0 Å². The van der Waals surface area contributed by atoms with Crippen LogP contribution in [-0.4, -0.2) is 15.1 Å². The zero-order chi connectivity index (χ0) is 14.8. The van der Waals surface area contributed by atoms with Crippen LogP contribution in [0.2, 0.25) is 0 Å². The molecule has 2 heterocycles. The van der Waals surface area contributed by atoms with Crippen LogP contribution in [0.4, 0.5) is 4.39 Å². The molecule has 3 rings (SSSR count). The fourth-order valence-electron chi connectivity index (χ4n) is 1.94. The first kappa shape index (κ1) is 14.0. The molecule has 1 aliphatic heterocycles. The van der Waals surface area contributed by atoms with Crippen LogP contribution in [-0.2, 0) is 11.3 Å². The number of hydrogen-bond donors (Lipinski definition) is 0. The average Bonchev–Trinajstić information content (AvgIpc) is 3.04. The first-order valence-corrected chi connectivity index (χ1v) is 7.39. The van der Waals surface area contributed by atoms with Gasteiger partial charge in [0.25, 0.3) is 5.91 Å². The van der Waals surface area contributed by atoms with E-state index < -0.39 is 0 Å². The molecule has 0 N–H and O–H groups in total. The van der Waals surface area contributed by atoms with Crippen LogP contribution in [0.3, 0.4) is 0 Å². The second kappa shape index (κ2) is 5.83. The number of halogens is 1. The normalized spacial score (nSPS) is 17.0. The fraction of sp³-hybridized carbons (Fsp3) is 0.0667. The summed E-state index contributed by atoms with van der Waals surface area (Å²) in [6.07, 6.45) is 3.19. The maximum Gasteiger partial charge on any atom is 0.266 e. The molecule has 0 radical (unpaired) electrons. The molecule has 1 amide bonds. The van der Waals surface area contributed by atoms with Crippen molar-refractivity contribution in [2.45, 2.75) is 6.54 Å². The number of nitrogens with zero attached hydrogens (tertiary/aromatic N) is 1. The number of carbonyl (C=O) groups excluding carboxylic acids is 1. The van der Waals surface area contributed by atoms with Crippen molar-refractivity contribution in [1.82, 2.24) is 4.90 Å². The van der Waals surface area contributed by atoms with Crippen LogP contribution < -0.4 is 0 Å². The molecule has 0 unspecified atom stereocenters. The van der Waals surface area contributed by atoms with Crippen LogP contribution in [0.1, 0.15) is 11.3 Å². The molecule has 21 heavy (non-hydrogen) atoms. The summed E-state index contributed by atoms with van der Waals surface area (Å²) in [6.45, 7) is 0.304. The van der Waals surface area contributed by atoms with Gasteiger partial charge in [-0.3, -0.25) is 9.69 Å². The number of furan rings is 1. The van der Waals surface area contributed by atoms with E-state index in [-0.39, 0.29) is 11.7 Å². The highest BCUT2D eigenvalue weighted by atomic mass is 32.2. The van der Waals surface area contributed by atoms with Crippen LogP contribution in [0, 0.1) is 5.82 Å². The van der Waals surface area contributed by atoms with E-state index in [0.29, 0.717) is 27.1 Å². The van der Waals surface area contributed by atoms with Crippen molar-refractivity contribution in [1.29, 1.82) is 0 Å². The van der Waals surface area contributed by atoms with E-state index in [1.165, 1.54) is 28.8 Å². The van der Waals surface area contributed by atoms with E-state index in [1.807, 2.05) is 0 Å². The predicted molar refractivity (Wildman–Crippen MR) is 83.8 cm³/mol. The molecule has 0 aliphatic carbocycles. The number of benzene rings is 1. The van der Waals surface area contributed by atoms with Gasteiger partial charge in [0.2, 0.25) is 0 Å². The second-order valence-corrected chi connectivity index (χ2v) is 6.08. The van der Waals surface area contributed by atoms with Crippen molar-refractivity contribution in [3.05, 3.63) is 64.7 Å². The molecule has 3 nitrogen and oxygen atoms in total. The lowest BCUT2D eigenvalue weighted by Crippen LogP contribution is -2.27. The molecular formula is C15H10FNO2S2. The minimum absolute atomic E-state index is 0.189. The second-order valence-electron chi connectivity index (χ2n) is 4.40. The van der Waals surface area contributed by atoms with Gasteiger partial charge in [-0.05, 0) is 35.9 Å². The molecule has 1 aliphatic rings. The van der Waals surface area contributed by atoms with Gasteiger partial charge >= 0.3 is 0 Å². The Labute approximate surface area is 130 Å². The van der Waals surface area contributed by atoms with Gasteiger partial charge < -0.3 is 4.42 Å². The van der Waals surface area contributed by atoms with Crippen LogP contribution in [0.15, 0.2) is 52.0 Å². The predicted octanol–water partition coefficient (Wildman–Crippen LogP) is 3.82. The Morgan fingerprint density at radius 3 is 2.90 bits per heavy atom. The summed E-state index contributed by atoms with van der Waals surface area (Å²) >= 11 is 6.43. The fourth-order valence-corrected chi connectivity index (χ4v) is 3.20. The molecule has 1 fully saturated rings. The van der Waals surface area contributed by atoms with Crippen LogP contribution in [0.5, 0.6) is 0 Å². The van der Waals surface area contributed by atoms with Gasteiger partial charge in [-0.15, -0.1) is 0 Å². The smallest absolute Gasteiger partial charge is 0.266 e. The largest absolute Gasteiger partial charge is 0.467 e. The molecule has 106 valence electrons. The Hall–Kier alpha value is -1.92. The minimum atomic E-state index is -0.338. The van der Waals surface area contributed by atoms with Gasteiger partial charge in [-0.2, -0.15) is 0 Å². The Bertz CT molecular complexity index is 725. The topological polar surface area (TPSA) is 33.5 Å². The number of rotatable bonds is 3. The Kier molecular flexibility index (Phi) is 3.90. The highest BCUT2D eigenvalue weighted by molar-refractivity contribution is 8.26. The molecule has 1 aromatic heterocycles. The maximum absolute atomic E-state index is 13.2. The summed E-state index contributed by atoms with van der Waals surface area (Å²) in [5, 5.41) is 0. The Balaban J connectivity index is 1.83. The standard InChI is InChI=1S/C15H10FNO2S2/c16-11-4-1-3-10(7-11)8-13-14(18)17(15(20)21-13)9-12-5-2-6-19-12/h1-8H,9H2/b13-8-. The van der Waals surface area contributed by atoms with Gasteiger partial charge in [-0.25, -0.2) is 4.39 Å². The van der Waals surface area contributed by atoms with E-state index in [4.69, 9.17) is 16.6 Å². The Morgan fingerprint density at radius 2 is 2.19 bits per heavy atom. The van der Waals surface area contributed by atoms with Crippen LogP contribution >= 0.6 is 24.0 Å². The van der Waals surface area contributed by atoms with Gasteiger partial charge in [0.1, 0.15) is 15.9 Å². The highest BCUT2D eigenvalue weighted by Gasteiger charge is 2.32. The monoisotopic (exact) mass is 319 g/mol. The maximum atomic E-state index is 13.2. The molecule has 0 bridgehead atoms. The molecular weight excluding hydrogens is 309 g/mol. The summed E-state index contributed by atoms with van der Waals surface area (Å²) in [6, 6.07) is 9.62. The summed E-state index contributed by atoms with van der Waals surface area (Å²) in [5.74, 6) is 0.138. The van der Waals surface area contributed by atoms with E-state index in [9.17, 15) is 9.18 Å². The van der Waals surface area contributed by atoms with E-state index in [2.05, 4.69) is 0 Å². The minimum Gasteiger partial charge on any atom is -0.467 e. The molecule has 0 atom stereocenters. The zero-order valence-corrected chi connectivity index (χ0v) is 12.4. The van der Waals surface area contributed by atoms with Crippen molar-refractivity contribution in [3.63, 3.8) is 0 Å². The van der Waals surface area contributed by atoms with E-state index in [1.54, 1.807) is 36.6 Å². The van der Waals surface area contributed by atoms with Crippen molar-refractivity contribution in [3.8, 4) is 0 Å². The zero-order valence-electron chi connectivity index (χ0n) is 10.8. The first-order chi connectivity index (χ1) is 10.1. The molecule has 1 aromatic carbocycles. The SMILES string of the molecule is O=C1/C(=C/c2cccc(F)c2)SC(=S)N1Cc1ccco1. The van der Waals surface area contributed by atoms with Gasteiger partial charge in [-0.1, -0.05) is 36.1 Å². The Morgan fingerprint density at radius 1 is 1.33 bits per heavy atom. The van der Waals surface area contributed by atoms with Gasteiger partial charge in [0, 0.05) is 0 Å². The molecule has 2 aromatic rings. The van der Waals surface area contributed by atoms with E-state index in [0.717, 1.165) is 0 Å². The third-order valence-electron chi connectivity index (χ3n) is 2.91. The van der Waals surface area contributed by atoms with E-state index >= 15 is 0 Å². The summed E-state index contributed by atoms with van der Waals surface area (Å²) < 4.78 is 18.9. The number of carbonyl (C=O) groups is 1. The van der Waals surface area contributed by atoms with Crippen LogP contribution in [0.25, 0.3) is 6.08 Å². The highest BCUT2D eigenvalue weighted by Crippen LogP contribution is 2.33. The van der Waals surface area contributed by atoms with Gasteiger partial charge in [0.05, 0.1) is 17.7 Å². The summed E-state index contributed by atoms with van der Waals surface area (Å²) in [7, 11) is 0. The van der Waals surface area contributed by atoms with Crippen molar-refractivity contribution >= 4 is 40.3 Å². The lowest BCUT2D eigenvalue weighted by molar-refractivity contribution is -0.122. The number of thiocarbonyl (C=S) groups is 1. The third kappa shape index (κ3) is 3.06. The van der Waals surface area contributed by atoms with Crippen molar-refractivity contribution in [2.75, 3.05) is 0 Å². The molecule has 1 saturated heterocycles. The number of amides is 1. The molecule has 0 saturated carbocycles. The average molecular weight is 319 g/mol. The molecule has 0 spiro atoms. The summed E-state index contributed by atoms with van der Waals surface area (Å²) in [4.78, 5) is 14.3.